The Morgan fingerprint density at radius 1 is 1.05 bits per heavy atom. The van der Waals surface area contributed by atoms with Gasteiger partial charge in [0.1, 0.15) is 0 Å². The van der Waals surface area contributed by atoms with E-state index in [9.17, 15) is 0 Å². The van der Waals surface area contributed by atoms with Gasteiger partial charge in [-0.3, -0.25) is 0 Å². The number of unbranched alkanes of at least 4 members (excludes halogenated alkanes) is 1. The molecule has 1 N–H and O–H groups in total. The molecule has 0 aliphatic rings. The molecule has 0 aliphatic heterocycles. The average Bonchev–Trinajstić information content (AvgIpc) is 2.38. The zero-order valence-electron chi connectivity index (χ0n) is 13.7. The maximum absolute atomic E-state index is 3.73. The van der Waals surface area contributed by atoms with Crippen LogP contribution < -0.4 is 5.32 Å². The second kappa shape index (κ2) is 9.95. The van der Waals surface area contributed by atoms with Crippen LogP contribution in [0.3, 0.4) is 0 Å². The summed E-state index contributed by atoms with van der Waals surface area (Å²) in [6, 6.07) is 11.4. The van der Waals surface area contributed by atoms with Gasteiger partial charge in [-0.1, -0.05) is 44.2 Å². The predicted molar refractivity (Wildman–Crippen MR) is 89.2 cm³/mol. The van der Waals surface area contributed by atoms with Gasteiger partial charge >= 0.3 is 0 Å². The standard InChI is InChI=1S/C18H32N2/c1-16(2)14-18(15-20(3)4)19-13-9-8-12-17-10-6-5-7-11-17/h5-7,10-11,16,18-19H,8-9,12-15H2,1-4H3. The van der Waals surface area contributed by atoms with E-state index in [1.165, 1.54) is 31.2 Å². The third kappa shape index (κ3) is 8.34. The number of aryl methyl sites for hydroxylation is 1. The van der Waals surface area contributed by atoms with Gasteiger partial charge in [-0.2, -0.15) is 0 Å². The van der Waals surface area contributed by atoms with E-state index in [4.69, 9.17) is 0 Å². The van der Waals surface area contributed by atoms with Gasteiger partial charge in [0.25, 0.3) is 0 Å². The molecular formula is C18H32N2. The molecule has 0 heterocycles. The first-order valence-electron chi connectivity index (χ1n) is 8.00. The van der Waals surface area contributed by atoms with Crippen molar-refractivity contribution in [2.75, 3.05) is 27.2 Å². The van der Waals surface area contributed by atoms with E-state index in [0.29, 0.717) is 6.04 Å². The van der Waals surface area contributed by atoms with Crippen LogP contribution in [0.5, 0.6) is 0 Å². The van der Waals surface area contributed by atoms with E-state index in [2.05, 4.69) is 68.5 Å². The Morgan fingerprint density at radius 3 is 2.35 bits per heavy atom. The van der Waals surface area contributed by atoms with Gasteiger partial charge in [0.05, 0.1) is 0 Å². The maximum Gasteiger partial charge on any atom is 0.0197 e. The van der Waals surface area contributed by atoms with Crippen molar-refractivity contribution in [2.45, 2.75) is 45.6 Å². The quantitative estimate of drug-likeness (QED) is 0.657. The van der Waals surface area contributed by atoms with Gasteiger partial charge in [0.15, 0.2) is 0 Å². The minimum atomic E-state index is 0.627. The topological polar surface area (TPSA) is 15.3 Å². The molecule has 0 bridgehead atoms. The first-order chi connectivity index (χ1) is 9.58. The molecule has 1 aromatic carbocycles. The Labute approximate surface area is 125 Å². The summed E-state index contributed by atoms with van der Waals surface area (Å²) in [4.78, 5) is 2.28. The van der Waals surface area contributed by atoms with E-state index in [1.807, 2.05) is 0 Å². The summed E-state index contributed by atoms with van der Waals surface area (Å²) in [6.07, 6.45) is 4.99. The minimum absolute atomic E-state index is 0.627. The summed E-state index contributed by atoms with van der Waals surface area (Å²) in [5.41, 5.74) is 1.46. The lowest BCUT2D eigenvalue weighted by molar-refractivity contribution is 0.305. The van der Waals surface area contributed by atoms with Crippen molar-refractivity contribution in [3.63, 3.8) is 0 Å². The third-order valence-electron chi connectivity index (χ3n) is 3.51. The number of likely N-dealkylation sites (N-methyl/N-ethyl adjacent to an activating group) is 1. The summed E-state index contributed by atoms with van der Waals surface area (Å²) in [7, 11) is 4.31. The molecule has 0 saturated carbocycles. The van der Waals surface area contributed by atoms with Crippen LogP contribution in [0.4, 0.5) is 0 Å². The summed E-state index contributed by atoms with van der Waals surface area (Å²) < 4.78 is 0. The highest BCUT2D eigenvalue weighted by atomic mass is 15.1. The second-order valence-electron chi connectivity index (χ2n) is 6.49. The molecule has 2 heteroatoms. The fourth-order valence-electron chi connectivity index (χ4n) is 2.64. The van der Waals surface area contributed by atoms with Crippen molar-refractivity contribution in [2.24, 2.45) is 5.92 Å². The highest BCUT2D eigenvalue weighted by Gasteiger charge is 2.10. The van der Waals surface area contributed by atoms with Gasteiger partial charge in [-0.25, -0.2) is 0 Å². The van der Waals surface area contributed by atoms with Gasteiger partial charge < -0.3 is 10.2 Å². The van der Waals surface area contributed by atoms with E-state index in [-0.39, 0.29) is 0 Å². The molecule has 20 heavy (non-hydrogen) atoms. The molecule has 0 amide bonds. The largest absolute Gasteiger partial charge is 0.313 e. The van der Waals surface area contributed by atoms with Crippen LogP contribution in [0.25, 0.3) is 0 Å². The molecule has 2 nitrogen and oxygen atoms in total. The predicted octanol–water partition coefficient (Wildman–Crippen LogP) is 3.58. The molecule has 0 spiro atoms. The van der Waals surface area contributed by atoms with E-state index >= 15 is 0 Å². The van der Waals surface area contributed by atoms with Crippen LogP contribution in [0.1, 0.15) is 38.7 Å². The third-order valence-corrected chi connectivity index (χ3v) is 3.51. The lowest BCUT2D eigenvalue weighted by Gasteiger charge is -2.24. The Kier molecular flexibility index (Phi) is 8.56. The molecule has 114 valence electrons. The molecule has 0 saturated heterocycles. The number of nitrogens with one attached hydrogen (secondary N) is 1. The fraction of sp³-hybridized carbons (Fsp3) is 0.667. The number of rotatable bonds is 10. The second-order valence-corrected chi connectivity index (χ2v) is 6.49. The SMILES string of the molecule is CC(C)CC(CN(C)C)NCCCCc1ccccc1. The highest BCUT2D eigenvalue weighted by Crippen LogP contribution is 2.07. The van der Waals surface area contributed by atoms with Crippen LogP contribution in [0.15, 0.2) is 30.3 Å². The zero-order chi connectivity index (χ0) is 14.8. The smallest absolute Gasteiger partial charge is 0.0197 e. The maximum atomic E-state index is 3.73. The monoisotopic (exact) mass is 276 g/mol. The lowest BCUT2D eigenvalue weighted by atomic mass is 10.0. The molecule has 0 fully saturated rings. The molecule has 0 aliphatic carbocycles. The Bertz CT molecular complexity index is 323. The van der Waals surface area contributed by atoms with Crippen LogP contribution in [-0.2, 0) is 6.42 Å². The molecule has 1 aromatic rings. The van der Waals surface area contributed by atoms with Gasteiger partial charge in [0.2, 0.25) is 0 Å². The highest BCUT2D eigenvalue weighted by molar-refractivity contribution is 5.14. The van der Waals surface area contributed by atoms with Crippen LogP contribution in [0, 0.1) is 5.92 Å². The van der Waals surface area contributed by atoms with Crippen LogP contribution >= 0.6 is 0 Å². The van der Waals surface area contributed by atoms with Crippen molar-refractivity contribution >= 4 is 0 Å². The Hall–Kier alpha value is -0.860. The van der Waals surface area contributed by atoms with Gasteiger partial charge in [-0.05, 0) is 57.8 Å². The normalized spacial score (nSPS) is 13.1. The van der Waals surface area contributed by atoms with Gasteiger partial charge in [-0.15, -0.1) is 0 Å². The minimum Gasteiger partial charge on any atom is -0.313 e. The van der Waals surface area contributed by atoms with Gasteiger partial charge in [0, 0.05) is 12.6 Å². The Morgan fingerprint density at radius 2 is 1.75 bits per heavy atom. The Balaban J connectivity index is 2.16. The van der Waals surface area contributed by atoms with Crippen LogP contribution in [0.2, 0.25) is 0 Å². The molecule has 1 atom stereocenters. The lowest BCUT2D eigenvalue weighted by Crippen LogP contribution is -2.39. The fourth-order valence-corrected chi connectivity index (χ4v) is 2.64. The number of hydrogen-bond donors (Lipinski definition) is 1. The van der Waals surface area contributed by atoms with Crippen molar-refractivity contribution < 1.29 is 0 Å². The first kappa shape index (κ1) is 17.2. The summed E-state index contributed by atoms with van der Waals surface area (Å²) >= 11 is 0. The zero-order valence-corrected chi connectivity index (χ0v) is 13.7. The van der Waals surface area contributed by atoms with Crippen molar-refractivity contribution in [3.05, 3.63) is 35.9 Å². The average molecular weight is 276 g/mol. The van der Waals surface area contributed by atoms with Crippen molar-refractivity contribution in [1.29, 1.82) is 0 Å². The molecular weight excluding hydrogens is 244 g/mol. The number of benzene rings is 1. The van der Waals surface area contributed by atoms with Crippen LogP contribution in [-0.4, -0.2) is 38.1 Å². The number of hydrogen-bond acceptors (Lipinski definition) is 2. The molecule has 0 aromatic heterocycles. The van der Waals surface area contributed by atoms with Crippen molar-refractivity contribution in [3.8, 4) is 0 Å². The molecule has 1 rings (SSSR count). The van der Waals surface area contributed by atoms with E-state index < -0.39 is 0 Å². The van der Waals surface area contributed by atoms with Crippen molar-refractivity contribution in [1.82, 2.24) is 10.2 Å². The number of nitrogens with zero attached hydrogens (tertiary/aromatic N) is 1. The molecule has 0 radical (unpaired) electrons. The van der Waals surface area contributed by atoms with E-state index in [0.717, 1.165) is 19.0 Å². The summed E-state index contributed by atoms with van der Waals surface area (Å²) in [5.74, 6) is 0.761. The summed E-state index contributed by atoms with van der Waals surface area (Å²) in [6.45, 7) is 6.88. The first-order valence-corrected chi connectivity index (χ1v) is 8.00. The summed E-state index contributed by atoms with van der Waals surface area (Å²) in [5, 5.41) is 3.73. The molecule has 1 unspecified atom stereocenters. The van der Waals surface area contributed by atoms with E-state index in [1.54, 1.807) is 0 Å².